The molecule has 0 bridgehead atoms. The lowest BCUT2D eigenvalue weighted by molar-refractivity contribution is -0.0718. The summed E-state index contributed by atoms with van der Waals surface area (Å²) in [5.41, 5.74) is 0.736. The second-order valence-electron chi connectivity index (χ2n) is 7.38. The molecule has 1 heteroatoms. The van der Waals surface area contributed by atoms with Crippen molar-refractivity contribution in [1.29, 1.82) is 0 Å². The fraction of sp³-hybridized carbons (Fsp3) is 1.00. The van der Waals surface area contributed by atoms with Gasteiger partial charge in [-0.3, -0.25) is 0 Å². The van der Waals surface area contributed by atoms with Crippen molar-refractivity contribution in [1.82, 2.24) is 5.32 Å². The molecular formula is C16H31N. The highest BCUT2D eigenvalue weighted by Gasteiger charge is 2.51. The fourth-order valence-electron chi connectivity index (χ4n) is 4.40. The molecule has 0 aromatic carbocycles. The van der Waals surface area contributed by atoms with Gasteiger partial charge in [0.05, 0.1) is 0 Å². The van der Waals surface area contributed by atoms with Crippen molar-refractivity contribution in [2.45, 2.75) is 59.8 Å². The van der Waals surface area contributed by atoms with Crippen LogP contribution in [-0.4, -0.2) is 13.1 Å². The van der Waals surface area contributed by atoms with Crippen molar-refractivity contribution >= 4 is 0 Å². The summed E-state index contributed by atoms with van der Waals surface area (Å²) in [6.07, 6.45) is 7.37. The van der Waals surface area contributed by atoms with Crippen molar-refractivity contribution < 1.29 is 0 Å². The third-order valence-electron chi connectivity index (χ3n) is 5.25. The second kappa shape index (κ2) is 5.30. The predicted octanol–water partition coefficient (Wildman–Crippen LogP) is 4.08. The first-order valence-corrected chi connectivity index (χ1v) is 7.75. The number of hydrogen-bond acceptors (Lipinski definition) is 1. The van der Waals surface area contributed by atoms with E-state index in [1.165, 1.54) is 45.2 Å². The molecule has 1 saturated heterocycles. The Hall–Kier alpha value is -0.0400. The second-order valence-corrected chi connectivity index (χ2v) is 7.38. The Morgan fingerprint density at radius 3 is 2.18 bits per heavy atom. The molecule has 1 nitrogen and oxygen atoms in total. The molecule has 0 aromatic heterocycles. The lowest BCUT2D eigenvalue weighted by atomic mass is 9.49. The van der Waals surface area contributed by atoms with E-state index in [1.807, 2.05) is 0 Å². The van der Waals surface area contributed by atoms with E-state index >= 15 is 0 Å². The van der Waals surface area contributed by atoms with Gasteiger partial charge in [-0.1, -0.05) is 27.7 Å². The molecule has 2 aliphatic rings. The zero-order chi connectivity index (χ0) is 12.5. The van der Waals surface area contributed by atoms with Crippen LogP contribution >= 0.6 is 0 Å². The van der Waals surface area contributed by atoms with Gasteiger partial charge < -0.3 is 5.32 Å². The standard InChI is InChI=1S/C16H31N/c1-12(2)9-14-5-6-16(14)7-8-17-11-15(16)10-13(3)4/h12-15,17H,5-11H2,1-4H3. The lowest BCUT2D eigenvalue weighted by Gasteiger charge is -2.58. The Labute approximate surface area is 108 Å². The van der Waals surface area contributed by atoms with Gasteiger partial charge in [-0.15, -0.1) is 0 Å². The molecule has 1 saturated carbocycles. The van der Waals surface area contributed by atoms with E-state index in [-0.39, 0.29) is 0 Å². The van der Waals surface area contributed by atoms with Crippen LogP contribution in [0.5, 0.6) is 0 Å². The molecule has 1 spiro atoms. The first-order chi connectivity index (χ1) is 8.04. The zero-order valence-electron chi connectivity index (χ0n) is 12.3. The van der Waals surface area contributed by atoms with Gasteiger partial charge in [0.2, 0.25) is 0 Å². The summed E-state index contributed by atoms with van der Waals surface area (Å²) in [7, 11) is 0. The minimum Gasteiger partial charge on any atom is -0.316 e. The highest BCUT2D eigenvalue weighted by Crippen LogP contribution is 2.58. The van der Waals surface area contributed by atoms with Crippen molar-refractivity contribution in [3.63, 3.8) is 0 Å². The quantitative estimate of drug-likeness (QED) is 0.776. The maximum Gasteiger partial charge on any atom is -0.00150 e. The van der Waals surface area contributed by atoms with Crippen LogP contribution in [0.15, 0.2) is 0 Å². The molecule has 0 aromatic rings. The van der Waals surface area contributed by atoms with Crippen LogP contribution < -0.4 is 5.32 Å². The molecule has 1 N–H and O–H groups in total. The average Bonchev–Trinajstić information content (AvgIpc) is 2.24. The van der Waals surface area contributed by atoms with Gasteiger partial charge in [0.1, 0.15) is 0 Å². The number of nitrogens with one attached hydrogen (secondary N) is 1. The summed E-state index contributed by atoms with van der Waals surface area (Å²) in [6, 6.07) is 0. The van der Waals surface area contributed by atoms with E-state index in [0.29, 0.717) is 0 Å². The van der Waals surface area contributed by atoms with E-state index in [1.54, 1.807) is 0 Å². The van der Waals surface area contributed by atoms with Crippen LogP contribution in [-0.2, 0) is 0 Å². The first kappa shape index (κ1) is 13.4. The van der Waals surface area contributed by atoms with Crippen molar-refractivity contribution in [3.05, 3.63) is 0 Å². The summed E-state index contributed by atoms with van der Waals surface area (Å²) in [5.74, 6) is 3.73. The van der Waals surface area contributed by atoms with Gasteiger partial charge in [0.25, 0.3) is 0 Å². The monoisotopic (exact) mass is 237 g/mol. The third kappa shape index (κ3) is 2.70. The Morgan fingerprint density at radius 2 is 1.65 bits per heavy atom. The Kier molecular flexibility index (Phi) is 4.18. The minimum atomic E-state index is 0.736. The Bertz CT molecular complexity index is 246. The summed E-state index contributed by atoms with van der Waals surface area (Å²) in [4.78, 5) is 0. The molecule has 1 aliphatic heterocycles. The Balaban J connectivity index is 2.03. The maximum atomic E-state index is 3.64. The van der Waals surface area contributed by atoms with Gasteiger partial charge >= 0.3 is 0 Å². The van der Waals surface area contributed by atoms with Crippen LogP contribution in [0.2, 0.25) is 0 Å². The molecule has 100 valence electrons. The highest BCUT2D eigenvalue weighted by molar-refractivity contribution is 5.03. The van der Waals surface area contributed by atoms with Crippen LogP contribution in [0.25, 0.3) is 0 Å². The smallest absolute Gasteiger partial charge is 0.00150 e. The minimum absolute atomic E-state index is 0.736. The first-order valence-electron chi connectivity index (χ1n) is 7.75. The molecule has 2 rings (SSSR count). The molecule has 3 atom stereocenters. The summed E-state index contributed by atoms with van der Waals surface area (Å²) >= 11 is 0. The average molecular weight is 237 g/mol. The molecule has 1 aliphatic carbocycles. The largest absolute Gasteiger partial charge is 0.316 e. The molecule has 1 heterocycles. The lowest BCUT2D eigenvalue weighted by Crippen LogP contribution is -2.55. The zero-order valence-corrected chi connectivity index (χ0v) is 12.3. The van der Waals surface area contributed by atoms with E-state index in [9.17, 15) is 0 Å². The number of rotatable bonds is 4. The SMILES string of the molecule is CC(C)CC1CCC12CCNCC2CC(C)C. The van der Waals surface area contributed by atoms with E-state index in [0.717, 1.165) is 29.1 Å². The van der Waals surface area contributed by atoms with Crippen LogP contribution in [0.4, 0.5) is 0 Å². The van der Waals surface area contributed by atoms with E-state index in [2.05, 4.69) is 33.0 Å². The number of piperidine rings is 1. The normalized spacial score (nSPS) is 37.8. The topological polar surface area (TPSA) is 12.0 Å². The summed E-state index contributed by atoms with van der Waals surface area (Å²) in [6.45, 7) is 12.1. The van der Waals surface area contributed by atoms with Gasteiger partial charge in [-0.2, -0.15) is 0 Å². The van der Waals surface area contributed by atoms with E-state index < -0.39 is 0 Å². The van der Waals surface area contributed by atoms with Crippen LogP contribution in [0.1, 0.15) is 59.8 Å². The van der Waals surface area contributed by atoms with Gasteiger partial charge in [-0.25, -0.2) is 0 Å². The van der Waals surface area contributed by atoms with Crippen molar-refractivity contribution in [3.8, 4) is 0 Å². The molecule has 17 heavy (non-hydrogen) atoms. The highest BCUT2D eigenvalue weighted by atomic mass is 14.9. The van der Waals surface area contributed by atoms with Crippen LogP contribution in [0, 0.1) is 29.1 Å². The molecule has 0 amide bonds. The van der Waals surface area contributed by atoms with Gasteiger partial charge in [-0.05, 0) is 74.3 Å². The Morgan fingerprint density at radius 1 is 1.00 bits per heavy atom. The van der Waals surface area contributed by atoms with Crippen molar-refractivity contribution in [2.24, 2.45) is 29.1 Å². The number of hydrogen-bond donors (Lipinski definition) is 1. The third-order valence-corrected chi connectivity index (χ3v) is 5.25. The van der Waals surface area contributed by atoms with Gasteiger partial charge in [0.15, 0.2) is 0 Å². The molecule has 0 radical (unpaired) electrons. The van der Waals surface area contributed by atoms with Crippen LogP contribution in [0.3, 0.4) is 0 Å². The molecule has 3 unspecified atom stereocenters. The van der Waals surface area contributed by atoms with Crippen molar-refractivity contribution in [2.75, 3.05) is 13.1 Å². The summed E-state index contributed by atoms with van der Waals surface area (Å²) in [5, 5.41) is 3.64. The van der Waals surface area contributed by atoms with Gasteiger partial charge in [0, 0.05) is 0 Å². The maximum absolute atomic E-state index is 3.64. The predicted molar refractivity (Wildman–Crippen MR) is 75.0 cm³/mol. The fourth-order valence-corrected chi connectivity index (χ4v) is 4.40. The molecule has 2 fully saturated rings. The van der Waals surface area contributed by atoms with E-state index in [4.69, 9.17) is 0 Å². The summed E-state index contributed by atoms with van der Waals surface area (Å²) < 4.78 is 0. The molecular weight excluding hydrogens is 206 g/mol.